The van der Waals surface area contributed by atoms with E-state index in [-0.39, 0.29) is 30.3 Å². The lowest BCUT2D eigenvalue weighted by Gasteiger charge is -2.43. The lowest BCUT2D eigenvalue weighted by atomic mass is 9.85. The highest BCUT2D eigenvalue weighted by atomic mass is 35.5. The Morgan fingerprint density at radius 1 is 1.17 bits per heavy atom. The van der Waals surface area contributed by atoms with Crippen LogP contribution in [0.15, 0.2) is 30.3 Å². The Balaban J connectivity index is 1.81. The predicted octanol–water partition coefficient (Wildman–Crippen LogP) is 2.20. The molecule has 2 saturated heterocycles. The van der Waals surface area contributed by atoms with E-state index < -0.39 is 10.9 Å². The van der Waals surface area contributed by atoms with Crippen LogP contribution in [0.1, 0.15) is 40.0 Å². The smallest absolute Gasteiger partial charge is 0.250 e. The third-order valence-corrected chi connectivity index (χ3v) is 6.37. The topological polar surface area (TPSA) is 73.0 Å². The molecule has 30 heavy (non-hydrogen) atoms. The quantitative estimate of drug-likeness (QED) is 0.696. The minimum absolute atomic E-state index is 0.0373. The van der Waals surface area contributed by atoms with Crippen LogP contribution in [0, 0.1) is 0 Å². The minimum atomic E-state index is -0.746. The number of para-hydroxylation sites is 1. The fraction of sp³-hybridized carbons (Fsp3) is 0.591. The summed E-state index contributed by atoms with van der Waals surface area (Å²) >= 11 is 5.98. The maximum atomic E-state index is 13.5. The van der Waals surface area contributed by atoms with Crippen molar-refractivity contribution in [3.8, 4) is 0 Å². The van der Waals surface area contributed by atoms with E-state index in [1.54, 1.807) is 16.7 Å². The first-order valence-corrected chi connectivity index (χ1v) is 11.1. The van der Waals surface area contributed by atoms with Crippen molar-refractivity contribution in [1.29, 1.82) is 0 Å². The lowest BCUT2D eigenvalue weighted by Crippen LogP contribution is -2.58. The number of alkyl halides is 1. The number of anilines is 1. The van der Waals surface area contributed by atoms with E-state index in [4.69, 9.17) is 11.6 Å². The Morgan fingerprint density at radius 2 is 1.80 bits per heavy atom. The van der Waals surface area contributed by atoms with Crippen molar-refractivity contribution < 1.29 is 14.4 Å². The van der Waals surface area contributed by atoms with Gasteiger partial charge in [-0.15, -0.1) is 11.6 Å². The van der Waals surface area contributed by atoms with Crippen LogP contribution in [0.4, 0.5) is 5.69 Å². The van der Waals surface area contributed by atoms with Crippen molar-refractivity contribution in [1.82, 2.24) is 15.1 Å². The number of piperidine rings is 1. The summed E-state index contributed by atoms with van der Waals surface area (Å²) in [6, 6.07) is 9.86. The van der Waals surface area contributed by atoms with Gasteiger partial charge in [-0.1, -0.05) is 25.1 Å². The highest BCUT2D eigenvalue weighted by Crippen LogP contribution is 2.39. The monoisotopic (exact) mass is 434 g/mol. The summed E-state index contributed by atoms with van der Waals surface area (Å²) in [6.45, 7) is 6.96. The Morgan fingerprint density at radius 3 is 2.37 bits per heavy atom. The number of likely N-dealkylation sites (tertiary alicyclic amines) is 1. The Bertz CT molecular complexity index is 778. The molecule has 2 fully saturated rings. The number of hydrogen-bond donors (Lipinski definition) is 1. The number of amides is 3. The maximum absolute atomic E-state index is 13.5. The zero-order chi connectivity index (χ0) is 21.9. The van der Waals surface area contributed by atoms with Gasteiger partial charge in [0, 0.05) is 24.8 Å². The van der Waals surface area contributed by atoms with Gasteiger partial charge in [0.25, 0.3) is 5.91 Å². The average Bonchev–Trinajstić information content (AvgIpc) is 3.00. The number of benzene rings is 1. The first-order chi connectivity index (χ1) is 14.3. The fourth-order valence-corrected chi connectivity index (χ4v) is 4.40. The standard InChI is InChI=1S/C22H31ClN4O3/c1-4-16(2)24-19(28)14-26-15-27(18-8-6-5-7-9-18)22(21(26)30)10-12-25(13-11-22)20(29)17(3)23/h5-9,16-17H,4,10-15H2,1-3H3,(H,24,28). The van der Waals surface area contributed by atoms with Gasteiger partial charge in [0.15, 0.2) is 0 Å². The van der Waals surface area contributed by atoms with Gasteiger partial charge in [-0.05, 0) is 45.2 Å². The zero-order valence-corrected chi connectivity index (χ0v) is 18.7. The van der Waals surface area contributed by atoms with Crippen molar-refractivity contribution in [2.45, 2.75) is 57.0 Å². The van der Waals surface area contributed by atoms with Gasteiger partial charge < -0.3 is 20.0 Å². The molecular formula is C22H31ClN4O3. The molecular weight excluding hydrogens is 404 g/mol. The summed E-state index contributed by atoms with van der Waals surface area (Å²) in [5, 5.41) is 2.36. The van der Waals surface area contributed by atoms with E-state index in [1.165, 1.54) is 0 Å². The molecule has 0 saturated carbocycles. The largest absolute Gasteiger partial charge is 0.352 e. The molecule has 0 aliphatic carbocycles. The Labute approximate surface area is 183 Å². The van der Waals surface area contributed by atoms with Gasteiger partial charge in [0.2, 0.25) is 11.8 Å². The second kappa shape index (κ2) is 9.25. The third-order valence-electron chi connectivity index (χ3n) is 6.18. The van der Waals surface area contributed by atoms with Gasteiger partial charge >= 0.3 is 0 Å². The van der Waals surface area contributed by atoms with Crippen molar-refractivity contribution in [2.75, 3.05) is 31.2 Å². The van der Waals surface area contributed by atoms with Crippen molar-refractivity contribution in [2.24, 2.45) is 0 Å². The molecule has 1 spiro atoms. The number of carbonyl (C=O) groups is 3. The second-order valence-electron chi connectivity index (χ2n) is 8.26. The molecule has 3 amide bonds. The van der Waals surface area contributed by atoms with Crippen LogP contribution >= 0.6 is 11.6 Å². The fourth-order valence-electron chi connectivity index (χ4n) is 4.27. The molecule has 164 valence electrons. The minimum Gasteiger partial charge on any atom is -0.352 e. The first kappa shape index (κ1) is 22.4. The number of hydrogen-bond acceptors (Lipinski definition) is 4. The summed E-state index contributed by atoms with van der Waals surface area (Å²) in [4.78, 5) is 43.8. The van der Waals surface area contributed by atoms with E-state index in [1.807, 2.05) is 44.2 Å². The van der Waals surface area contributed by atoms with E-state index >= 15 is 0 Å². The van der Waals surface area contributed by atoms with Crippen LogP contribution in [0.25, 0.3) is 0 Å². The molecule has 2 aliphatic heterocycles. The SMILES string of the molecule is CCC(C)NC(=O)CN1CN(c2ccccc2)C2(CCN(C(=O)C(C)Cl)CC2)C1=O. The van der Waals surface area contributed by atoms with E-state index in [0.29, 0.717) is 32.6 Å². The van der Waals surface area contributed by atoms with Crippen LogP contribution < -0.4 is 10.2 Å². The van der Waals surface area contributed by atoms with Gasteiger partial charge in [-0.2, -0.15) is 0 Å². The van der Waals surface area contributed by atoms with Gasteiger partial charge in [0.05, 0.1) is 6.67 Å². The highest BCUT2D eigenvalue weighted by Gasteiger charge is 2.54. The van der Waals surface area contributed by atoms with E-state index in [0.717, 1.165) is 12.1 Å². The molecule has 7 nitrogen and oxygen atoms in total. The molecule has 0 bridgehead atoms. The number of rotatable bonds is 6. The summed E-state index contributed by atoms with van der Waals surface area (Å²) in [7, 11) is 0. The highest BCUT2D eigenvalue weighted by molar-refractivity contribution is 6.30. The first-order valence-electron chi connectivity index (χ1n) is 10.6. The third kappa shape index (κ3) is 4.41. The summed E-state index contributed by atoms with van der Waals surface area (Å²) in [6.07, 6.45) is 1.86. The van der Waals surface area contributed by atoms with Crippen LogP contribution in [0.2, 0.25) is 0 Å². The predicted molar refractivity (Wildman–Crippen MR) is 117 cm³/mol. The summed E-state index contributed by atoms with van der Waals surface area (Å²) in [5.74, 6) is -0.295. The maximum Gasteiger partial charge on any atom is 0.250 e. The zero-order valence-electron chi connectivity index (χ0n) is 17.9. The van der Waals surface area contributed by atoms with Gasteiger partial charge in [-0.3, -0.25) is 14.4 Å². The summed E-state index contributed by atoms with van der Waals surface area (Å²) in [5.41, 5.74) is 0.200. The van der Waals surface area contributed by atoms with Crippen LogP contribution in [-0.2, 0) is 14.4 Å². The van der Waals surface area contributed by atoms with Gasteiger partial charge in [0.1, 0.15) is 17.5 Å². The molecule has 1 aromatic carbocycles. The van der Waals surface area contributed by atoms with Crippen LogP contribution in [0.5, 0.6) is 0 Å². The van der Waals surface area contributed by atoms with E-state index in [2.05, 4.69) is 10.2 Å². The van der Waals surface area contributed by atoms with Crippen molar-refractivity contribution in [3.05, 3.63) is 30.3 Å². The molecule has 2 heterocycles. The Kier molecular flexibility index (Phi) is 6.91. The van der Waals surface area contributed by atoms with Crippen molar-refractivity contribution in [3.63, 3.8) is 0 Å². The molecule has 2 aliphatic rings. The molecule has 0 radical (unpaired) electrons. The van der Waals surface area contributed by atoms with Crippen LogP contribution in [-0.4, -0.2) is 70.8 Å². The van der Waals surface area contributed by atoms with E-state index in [9.17, 15) is 14.4 Å². The number of nitrogens with zero attached hydrogens (tertiary/aromatic N) is 3. The molecule has 2 unspecified atom stereocenters. The molecule has 8 heteroatoms. The number of carbonyl (C=O) groups excluding carboxylic acids is 3. The Hall–Kier alpha value is -2.28. The molecule has 1 aromatic rings. The molecule has 3 rings (SSSR count). The molecule has 2 atom stereocenters. The van der Waals surface area contributed by atoms with Gasteiger partial charge in [-0.25, -0.2) is 0 Å². The lowest BCUT2D eigenvalue weighted by molar-refractivity contribution is -0.139. The number of halogens is 1. The summed E-state index contributed by atoms with van der Waals surface area (Å²) < 4.78 is 0. The van der Waals surface area contributed by atoms with Crippen molar-refractivity contribution >= 4 is 35.0 Å². The van der Waals surface area contributed by atoms with Crippen LogP contribution in [0.3, 0.4) is 0 Å². The second-order valence-corrected chi connectivity index (χ2v) is 8.91. The average molecular weight is 435 g/mol. The molecule has 1 N–H and O–H groups in total. The normalized spacial score (nSPS) is 20.4. The number of nitrogens with one attached hydrogen (secondary N) is 1. The molecule has 0 aromatic heterocycles.